The van der Waals surface area contributed by atoms with Crippen molar-refractivity contribution in [2.24, 2.45) is 0 Å². The molecule has 28 heavy (non-hydrogen) atoms. The molecule has 3 amide bonds. The number of hydrogen-bond acceptors (Lipinski definition) is 2. The Bertz CT molecular complexity index is 901. The van der Waals surface area contributed by atoms with Gasteiger partial charge in [-0.1, -0.05) is 36.4 Å². The monoisotopic (exact) mass is 381 g/mol. The molecule has 1 saturated heterocycles. The molecule has 146 valence electrons. The third-order valence-electron chi connectivity index (χ3n) is 5.51. The molecule has 2 atom stereocenters. The minimum Gasteiger partial charge on any atom is -0.336 e. The number of benzene rings is 2. The van der Waals surface area contributed by atoms with Crippen molar-refractivity contribution in [2.75, 3.05) is 18.4 Å². The Kier molecular flexibility index (Phi) is 5.03. The Balaban J connectivity index is 1.48. The van der Waals surface area contributed by atoms with E-state index in [1.807, 2.05) is 43.3 Å². The molecule has 2 aromatic rings. The maximum absolute atomic E-state index is 14.2. The first-order chi connectivity index (χ1) is 13.5. The van der Waals surface area contributed by atoms with Crippen molar-refractivity contribution in [3.05, 3.63) is 65.2 Å². The van der Waals surface area contributed by atoms with Crippen LogP contribution in [0.15, 0.2) is 48.5 Å². The quantitative estimate of drug-likeness (QED) is 0.865. The van der Waals surface area contributed by atoms with Crippen LogP contribution in [0.2, 0.25) is 0 Å². The van der Waals surface area contributed by atoms with Gasteiger partial charge in [0, 0.05) is 25.2 Å². The van der Waals surface area contributed by atoms with Crippen LogP contribution >= 0.6 is 0 Å². The summed E-state index contributed by atoms with van der Waals surface area (Å²) in [5.74, 6) is -0.172. The molecule has 0 aromatic heterocycles. The smallest absolute Gasteiger partial charge is 0.322 e. The van der Waals surface area contributed by atoms with Crippen LogP contribution in [-0.2, 0) is 17.8 Å². The molecular formula is C22H24FN3O2. The molecule has 0 saturated carbocycles. The molecule has 2 aliphatic rings. The van der Waals surface area contributed by atoms with E-state index in [0.717, 1.165) is 17.5 Å². The van der Waals surface area contributed by atoms with Crippen LogP contribution in [0.5, 0.6) is 0 Å². The molecule has 0 unspecified atom stereocenters. The molecule has 0 radical (unpaired) electrons. The number of aryl methyl sites for hydroxylation is 1. The zero-order valence-corrected chi connectivity index (χ0v) is 15.9. The summed E-state index contributed by atoms with van der Waals surface area (Å²) < 4.78 is 14.2. The predicted molar refractivity (Wildman–Crippen MR) is 106 cm³/mol. The van der Waals surface area contributed by atoms with Crippen molar-refractivity contribution < 1.29 is 14.0 Å². The third-order valence-corrected chi connectivity index (χ3v) is 5.51. The van der Waals surface area contributed by atoms with Gasteiger partial charge in [-0.05, 0) is 42.2 Å². The maximum Gasteiger partial charge on any atom is 0.322 e. The zero-order chi connectivity index (χ0) is 19.7. The van der Waals surface area contributed by atoms with Gasteiger partial charge in [-0.25, -0.2) is 9.18 Å². The van der Waals surface area contributed by atoms with Gasteiger partial charge in [-0.15, -0.1) is 0 Å². The van der Waals surface area contributed by atoms with Crippen molar-refractivity contribution >= 4 is 17.6 Å². The Morgan fingerprint density at radius 1 is 1.11 bits per heavy atom. The molecule has 2 heterocycles. The molecule has 5 nitrogen and oxygen atoms in total. The van der Waals surface area contributed by atoms with Gasteiger partial charge in [-0.3, -0.25) is 4.79 Å². The Labute approximate surface area is 164 Å². The molecule has 1 N–H and O–H groups in total. The minimum absolute atomic E-state index is 0.0538. The summed E-state index contributed by atoms with van der Waals surface area (Å²) in [5.41, 5.74) is 4.02. The highest BCUT2D eigenvalue weighted by molar-refractivity contribution is 5.94. The number of nitrogens with one attached hydrogen (secondary N) is 1. The largest absolute Gasteiger partial charge is 0.336 e. The summed E-state index contributed by atoms with van der Waals surface area (Å²) in [5, 5.41) is 2.80. The van der Waals surface area contributed by atoms with E-state index in [-0.39, 0.29) is 18.9 Å². The molecule has 2 aromatic carbocycles. The number of urea groups is 1. The second-order valence-corrected chi connectivity index (χ2v) is 7.58. The van der Waals surface area contributed by atoms with E-state index in [9.17, 15) is 14.0 Å². The van der Waals surface area contributed by atoms with Crippen LogP contribution in [0.4, 0.5) is 14.9 Å². The molecular weight excluding hydrogens is 357 g/mol. The van der Waals surface area contributed by atoms with E-state index in [0.29, 0.717) is 18.8 Å². The number of nitrogens with zero attached hydrogens (tertiary/aromatic N) is 2. The van der Waals surface area contributed by atoms with Gasteiger partial charge in [-0.2, -0.15) is 0 Å². The zero-order valence-electron chi connectivity index (χ0n) is 15.9. The summed E-state index contributed by atoms with van der Waals surface area (Å²) in [7, 11) is 0. The molecule has 2 aliphatic heterocycles. The van der Waals surface area contributed by atoms with Gasteiger partial charge < -0.3 is 15.1 Å². The van der Waals surface area contributed by atoms with E-state index in [1.165, 1.54) is 10.5 Å². The van der Waals surface area contributed by atoms with E-state index >= 15 is 0 Å². The summed E-state index contributed by atoms with van der Waals surface area (Å²) >= 11 is 0. The number of fused-ring (bicyclic) bond motifs is 1. The Morgan fingerprint density at radius 3 is 2.68 bits per heavy atom. The van der Waals surface area contributed by atoms with Crippen LogP contribution in [-0.4, -0.2) is 47.0 Å². The number of rotatable bonds is 2. The van der Waals surface area contributed by atoms with E-state index < -0.39 is 18.2 Å². The Hall–Kier alpha value is -2.89. The summed E-state index contributed by atoms with van der Waals surface area (Å²) in [6.45, 7) is 2.98. The lowest BCUT2D eigenvalue weighted by Gasteiger charge is -2.33. The maximum atomic E-state index is 14.2. The second-order valence-electron chi connectivity index (χ2n) is 7.58. The summed E-state index contributed by atoms with van der Waals surface area (Å²) in [6, 6.07) is 14.3. The highest BCUT2D eigenvalue weighted by Gasteiger charge is 2.42. The third kappa shape index (κ3) is 3.72. The topological polar surface area (TPSA) is 52.7 Å². The molecule has 0 bridgehead atoms. The minimum atomic E-state index is -1.19. The lowest BCUT2D eigenvalue weighted by Crippen LogP contribution is -2.50. The van der Waals surface area contributed by atoms with Crippen LogP contribution in [0, 0.1) is 6.92 Å². The fourth-order valence-corrected chi connectivity index (χ4v) is 4.06. The van der Waals surface area contributed by atoms with Crippen molar-refractivity contribution in [1.29, 1.82) is 0 Å². The van der Waals surface area contributed by atoms with Gasteiger partial charge >= 0.3 is 6.03 Å². The highest BCUT2D eigenvalue weighted by atomic mass is 19.1. The first-order valence-electron chi connectivity index (χ1n) is 9.65. The predicted octanol–water partition coefficient (Wildman–Crippen LogP) is 3.52. The molecule has 0 spiro atoms. The van der Waals surface area contributed by atoms with E-state index in [1.54, 1.807) is 11.0 Å². The summed E-state index contributed by atoms with van der Waals surface area (Å²) in [6.07, 6.45) is -0.351. The second kappa shape index (κ2) is 7.62. The van der Waals surface area contributed by atoms with Crippen LogP contribution < -0.4 is 5.32 Å². The van der Waals surface area contributed by atoms with Gasteiger partial charge in [0.2, 0.25) is 5.91 Å². The van der Waals surface area contributed by atoms with E-state index in [4.69, 9.17) is 0 Å². The number of anilines is 1. The fraction of sp³-hybridized carbons (Fsp3) is 0.364. The average Bonchev–Trinajstić information content (AvgIpc) is 3.09. The van der Waals surface area contributed by atoms with Crippen molar-refractivity contribution in [3.63, 3.8) is 0 Å². The number of carbonyl (C=O) groups is 2. The number of carbonyl (C=O) groups excluding carboxylic acids is 2. The van der Waals surface area contributed by atoms with Crippen LogP contribution in [0.1, 0.15) is 23.1 Å². The van der Waals surface area contributed by atoms with Gasteiger partial charge in [0.25, 0.3) is 0 Å². The highest BCUT2D eigenvalue weighted by Crippen LogP contribution is 2.26. The molecule has 6 heteroatoms. The number of halogens is 1. The van der Waals surface area contributed by atoms with Crippen LogP contribution in [0.3, 0.4) is 0 Å². The van der Waals surface area contributed by atoms with Gasteiger partial charge in [0.1, 0.15) is 12.2 Å². The number of hydrogen-bond donors (Lipinski definition) is 1. The first-order valence-corrected chi connectivity index (χ1v) is 9.65. The lowest BCUT2D eigenvalue weighted by molar-refractivity contribution is -0.136. The lowest BCUT2D eigenvalue weighted by atomic mass is 9.99. The molecule has 1 fully saturated rings. The fourth-order valence-electron chi connectivity index (χ4n) is 4.06. The normalized spacial score (nSPS) is 21.4. The number of likely N-dealkylation sites (tertiary alicyclic amines) is 1. The first kappa shape index (κ1) is 18.5. The molecule has 0 aliphatic carbocycles. The number of amides is 3. The van der Waals surface area contributed by atoms with Crippen molar-refractivity contribution in [3.8, 4) is 0 Å². The van der Waals surface area contributed by atoms with Crippen LogP contribution in [0.25, 0.3) is 0 Å². The van der Waals surface area contributed by atoms with Crippen molar-refractivity contribution in [2.45, 2.75) is 38.5 Å². The SMILES string of the molecule is Cc1cccc(NC(=O)N2C[C@@H](F)C[C@H]2C(=O)N2CCc3ccccc3C2)c1. The average molecular weight is 381 g/mol. The Morgan fingerprint density at radius 2 is 1.89 bits per heavy atom. The number of alkyl halides is 1. The van der Waals surface area contributed by atoms with E-state index in [2.05, 4.69) is 11.4 Å². The van der Waals surface area contributed by atoms with Crippen molar-refractivity contribution in [1.82, 2.24) is 9.80 Å². The van der Waals surface area contributed by atoms with Gasteiger partial charge in [0.05, 0.1) is 6.54 Å². The summed E-state index contributed by atoms with van der Waals surface area (Å²) in [4.78, 5) is 29.0. The molecule has 4 rings (SSSR count). The van der Waals surface area contributed by atoms with Gasteiger partial charge in [0.15, 0.2) is 0 Å². The standard InChI is InChI=1S/C22H24FN3O2/c1-15-5-4-8-19(11-15)24-22(28)26-14-18(23)12-20(26)21(27)25-10-9-16-6-2-3-7-17(16)13-25/h2-8,11,18,20H,9-10,12-14H2,1H3,(H,24,28)/t18-,20-/m0/s1.